The minimum absolute atomic E-state index is 0.0167. The van der Waals surface area contributed by atoms with Gasteiger partial charge in [-0.25, -0.2) is 0 Å². The number of nitrogens with zero attached hydrogens (tertiary/aromatic N) is 1. The number of ether oxygens (including phenoxy) is 1. The molecule has 1 N–H and O–H groups in total. The zero-order valence-corrected chi connectivity index (χ0v) is 24.5. The number of piperidine rings is 1. The summed E-state index contributed by atoms with van der Waals surface area (Å²) in [4.78, 5) is 27.2. The van der Waals surface area contributed by atoms with Gasteiger partial charge in [0.15, 0.2) is 0 Å². The van der Waals surface area contributed by atoms with Crippen LogP contribution in [0.1, 0.15) is 77.2 Å². The second-order valence-corrected chi connectivity index (χ2v) is 13.6. The van der Waals surface area contributed by atoms with E-state index in [1.54, 1.807) is 0 Å². The maximum absolute atomic E-state index is 12.9. The van der Waals surface area contributed by atoms with E-state index in [4.69, 9.17) is 27.9 Å². The molecule has 0 radical (unpaired) electrons. The zero-order valence-electron chi connectivity index (χ0n) is 23.0. The van der Waals surface area contributed by atoms with Gasteiger partial charge in [-0.2, -0.15) is 0 Å². The van der Waals surface area contributed by atoms with Crippen molar-refractivity contribution in [2.75, 3.05) is 29.7 Å². The van der Waals surface area contributed by atoms with E-state index in [2.05, 4.69) is 24.1 Å². The summed E-state index contributed by atoms with van der Waals surface area (Å²) in [5, 5.41) is 3.37. The Morgan fingerprint density at radius 1 is 1.00 bits per heavy atom. The molecule has 4 aliphatic rings. The number of amides is 1. The number of carbonyl (C=O) groups excluding carboxylic acids is 2. The molecule has 1 amide bonds. The molecule has 210 valence electrons. The minimum atomic E-state index is -0.121. The number of anilines is 1. The summed E-state index contributed by atoms with van der Waals surface area (Å²) in [6.07, 6.45) is 9.93. The monoisotopic (exact) mass is 562 g/mol. The first kappa shape index (κ1) is 28.1. The summed E-state index contributed by atoms with van der Waals surface area (Å²) in [5.41, 5.74) is 2.35. The van der Waals surface area contributed by atoms with Gasteiger partial charge >= 0.3 is 5.97 Å². The third-order valence-corrected chi connectivity index (χ3v) is 11.1. The van der Waals surface area contributed by atoms with Crippen LogP contribution in [0.4, 0.5) is 5.69 Å². The number of nitrogens with one attached hydrogen (secondary N) is 1. The van der Waals surface area contributed by atoms with Crippen molar-refractivity contribution in [2.24, 2.45) is 29.1 Å². The number of fused-ring (bicyclic) bond motifs is 5. The first-order chi connectivity index (χ1) is 18.3. The predicted octanol–water partition coefficient (Wildman–Crippen LogP) is 6.34. The standard InChI is InChI=1S/C31H44Cl2N2O3/c1-30-13-11-24(38-29(37)19-21-3-6-23(7-4-21)35(17-15-32)18-16-33)20-22(30)5-8-25-26(30)12-14-31(2)27(25)9-10-28(36)34-31/h3-4,6-7,22,24-27H,5,8-20H2,1-2H3,(H,34,36)/t22-,24-,25+,26?,27-,30-,31+/m0/s1. The van der Waals surface area contributed by atoms with Crippen molar-refractivity contribution < 1.29 is 14.3 Å². The Hall–Kier alpha value is -1.46. The zero-order chi connectivity index (χ0) is 26.9. The predicted molar refractivity (Wildman–Crippen MR) is 154 cm³/mol. The Kier molecular flexibility index (Phi) is 8.55. The maximum atomic E-state index is 12.9. The summed E-state index contributed by atoms with van der Waals surface area (Å²) >= 11 is 11.9. The van der Waals surface area contributed by atoms with E-state index >= 15 is 0 Å². The largest absolute Gasteiger partial charge is 0.462 e. The molecule has 5 nitrogen and oxygen atoms in total. The van der Waals surface area contributed by atoms with Gasteiger partial charge in [-0.15, -0.1) is 23.2 Å². The Balaban J connectivity index is 1.16. The van der Waals surface area contributed by atoms with E-state index in [0.29, 0.717) is 47.8 Å². The van der Waals surface area contributed by atoms with Crippen molar-refractivity contribution in [3.63, 3.8) is 0 Å². The quantitative estimate of drug-likeness (QED) is 0.297. The van der Waals surface area contributed by atoms with Gasteiger partial charge in [0.2, 0.25) is 5.91 Å². The SMILES string of the molecule is C[C@@]12CCC3[C@@H](CC[C@H]4C[C@@H](OC(=O)Cc5ccc(N(CCCl)CCCl)cc5)CC[C@]34C)[C@@H]1CCC(=O)N2. The highest BCUT2D eigenvalue weighted by Gasteiger charge is 2.58. The van der Waals surface area contributed by atoms with Crippen molar-refractivity contribution in [1.82, 2.24) is 5.32 Å². The van der Waals surface area contributed by atoms with Crippen molar-refractivity contribution in [3.05, 3.63) is 29.8 Å². The molecule has 0 spiro atoms. The third-order valence-electron chi connectivity index (χ3n) is 10.8. The van der Waals surface area contributed by atoms with Crippen LogP contribution in [0.15, 0.2) is 24.3 Å². The lowest BCUT2D eigenvalue weighted by molar-refractivity contribution is -0.162. The maximum Gasteiger partial charge on any atom is 0.310 e. The molecule has 1 aromatic rings. The average molecular weight is 564 g/mol. The highest BCUT2D eigenvalue weighted by Crippen LogP contribution is 2.62. The third kappa shape index (κ3) is 5.57. The normalized spacial score (nSPS) is 36.3. The summed E-state index contributed by atoms with van der Waals surface area (Å²) in [7, 11) is 0. The fourth-order valence-corrected chi connectivity index (χ4v) is 9.20. The van der Waals surface area contributed by atoms with E-state index in [1.807, 2.05) is 24.3 Å². The summed E-state index contributed by atoms with van der Waals surface area (Å²) in [6.45, 7) is 6.31. The number of hydrogen-bond acceptors (Lipinski definition) is 4. The number of alkyl halides is 2. The molecule has 1 aliphatic heterocycles. The van der Waals surface area contributed by atoms with Crippen LogP contribution in [0.3, 0.4) is 0 Å². The molecule has 3 saturated carbocycles. The second kappa shape index (κ2) is 11.6. The van der Waals surface area contributed by atoms with E-state index in [9.17, 15) is 9.59 Å². The molecule has 4 fully saturated rings. The highest BCUT2D eigenvalue weighted by atomic mass is 35.5. The van der Waals surface area contributed by atoms with Crippen LogP contribution >= 0.6 is 23.2 Å². The molecular weight excluding hydrogens is 519 g/mol. The molecule has 3 aliphatic carbocycles. The summed E-state index contributed by atoms with van der Waals surface area (Å²) < 4.78 is 6.06. The molecule has 7 heteroatoms. The smallest absolute Gasteiger partial charge is 0.310 e. The molecular formula is C31H44Cl2N2O3. The topological polar surface area (TPSA) is 58.6 Å². The van der Waals surface area contributed by atoms with Crippen molar-refractivity contribution in [3.8, 4) is 0 Å². The molecule has 5 rings (SSSR count). The van der Waals surface area contributed by atoms with E-state index in [1.165, 1.54) is 19.3 Å². The van der Waals surface area contributed by atoms with Gasteiger partial charge in [0, 0.05) is 42.5 Å². The molecule has 0 bridgehead atoms. The molecule has 1 heterocycles. The molecule has 1 unspecified atom stereocenters. The van der Waals surface area contributed by atoms with E-state index in [-0.39, 0.29) is 23.5 Å². The van der Waals surface area contributed by atoms with Crippen LogP contribution < -0.4 is 10.2 Å². The van der Waals surface area contributed by atoms with Crippen LogP contribution in [0.2, 0.25) is 0 Å². The van der Waals surface area contributed by atoms with Gasteiger partial charge in [-0.05, 0) is 105 Å². The van der Waals surface area contributed by atoms with E-state index < -0.39 is 0 Å². The second-order valence-electron chi connectivity index (χ2n) is 12.8. The van der Waals surface area contributed by atoms with Crippen molar-refractivity contribution in [1.29, 1.82) is 0 Å². The van der Waals surface area contributed by atoms with E-state index in [0.717, 1.165) is 62.4 Å². The Morgan fingerprint density at radius 2 is 1.74 bits per heavy atom. The lowest BCUT2D eigenvalue weighted by atomic mass is 9.45. The van der Waals surface area contributed by atoms with Gasteiger partial charge in [-0.3, -0.25) is 9.59 Å². The number of benzene rings is 1. The van der Waals surface area contributed by atoms with Crippen LogP contribution in [0.5, 0.6) is 0 Å². The van der Waals surface area contributed by atoms with Crippen molar-refractivity contribution >= 4 is 40.8 Å². The average Bonchev–Trinajstić information content (AvgIpc) is 2.88. The van der Waals surface area contributed by atoms with Gasteiger partial charge in [-0.1, -0.05) is 19.1 Å². The lowest BCUT2D eigenvalue weighted by Crippen LogP contribution is -2.63. The number of halogens is 2. The van der Waals surface area contributed by atoms with Gasteiger partial charge < -0.3 is 15.0 Å². The highest BCUT2D eigenvalue weighted by molar-refractivity contribution is 6.18. The number of carbonyl (C=O) groups is 2. The van der Waals surface area contributed by atoms with Gasteiger partial charge in [0.1, 0.15) is 6.10 Å². The number of hydrogen-bond donors (Lipinski definition) is 1. The van der Waals surface area contributed by atoms with Gasteiger partial charge in [0.25, 0.3) is 0 Å². The summed E-state index contributed by atoms with van der Waals surface area (Å²) in [6, 6.07) is 8.10. The van der Waals surface area contributed by atoms with Crippen LogP contribution in [0, 0.1) is 29.1 Å². The first-order valence-corrected chi connectivity index (χ1v) is 15.8. The van der Waals surface area contributed by atoms with Crippen molar-refractivity contribution in [2.45, 2.75) is 89.7 Å². The first-order valence-electron chi connectivity index (χ1n) is 14.7. The fraction of sp³-hybridized carbons (Fsp3) is 0.742. The summed E-state index contributed by atoms with van der Waals surface area (Å²) in [5.74, 6) is 3.87. The van der Waals surface area contributed by atoms with Crippen LogP contribution in [-0.2, 0) is 20.7 Å². The molecule has 0 aromatic heterocycles. The van der Waals surface area contributed by atoms with Gasteiger partial charge in [0.05, 0.1) is 6.42 Å². The molecule has 38 heavy (non-hydrogen) atoms. The van der Waals surface area contributed by atoms with Crippen LogP contribution in [0.25, 0.3) is 0 Å². The number of rotatable bonds is 8. The Morgan fingerprint density at radius 3 is 2.45 bits per heavy atom. The molecule has 1 saturated heterocycles. The lowest BCUT2D eigenvalue weighted by Gasteiger charge is -2.62. The Labute approximate surface area is 238 Å². The molecule has 7 atom stereocenters. The Bertz CT molecular complexity index is 997. The van der Waals surface area contributed by atoms with Crippen LogP contribution in [-0.4, -0.2) is 48.4 Å². The minimum Gasteiger partial charge on any atom is -0.462 e. The molecule has 1 aromatic carbocycles. The fourth-order valence-electron chi connectivity index (χ4n) is 8.79. The number of esters is 1.